The molecule has 1 aromatic carbocycles. The Kier molecular flexibility index (Phi) is 10.00. The van der Waals surface area contributed by atoms with E-state index in [9.17, 15) is 4.79 Å². The highest BCUT2D eigenvalue weighted by Crippen LogP contribution is 2.14. The van der Waals surface area contributed by atoms with E-state index in [-0.39, 0.29) is 36.1 Å². The molecule has 1 aromatic heterocycles. The van der Waals surface area contributed by atoms with Crippen molar-refractivity contribution in [2.75, 3.05) is 19.6 Å². The number of carbonyl (C=O) groups is 1. The van der Waals surface area contributed by atoms with Gasteiger partial charge in [0.15, 0.2) is 5.96 Å². The molecule has 1 unspecified atom stereocenters. The summed E-state index contributed by atoms with van der Waals surface area (Å²) in [5.41, 5.74) is 1.90. The minimum absolute atomic E-state index is 0. The van der Waals surface area contributed by atoms with Gasteiger partial charge in [-0.25, -0.2) is 14.8 Å². The van der Waals surface area contributed by atoms with Crippen molar-refractivity contribution in [1.82, 2.24) is 25.1 Å². The number of likely N-dealkylation sites (tertiary alicyclic amines) is 1. The fourth-order valence-electron chi connectivity index (χ4n) is 3.73. The van der Waals surface area contributed by atoms with E-state index in [0.717, 1.165) is 37.8 Å². The molecule has 1 amide bonds. The number of hydrogen-bond donors (Lipinski definition) is 2. The Balaban J connectivity index is 0.00000385. The number of amides is 1. The van der Waals surface area contributed by atoms with Crippen LogP contribution in [0.1, 0.15) is 51.1 Å². The summed E-state index contributed by atoms with van der Waals surface area (Å²) in [5, 5.41) is 6.36. The van der Waals surface area contributed by atoms with Crippen LogP contribution in [0.15, 0.2) is 41.7 Å². The number of aryl methyl sites for hydroxylation is 1. The SMILES string of the molecule is CCNC(=NCc1cccc(Cn2ccnc2C)c1)N1CCC(NC(=O)OC(C)(C)C)C1.I. The van der Waals surface area contributed by atoms with Gasteiger partial charge in [-0.05, 0) is 52.2 Å². The third-order valence-electron chi connectivity index (χ3n) is 5.22. The summed E-state index contributed by atoms with van der Waals surface area (Å²) in [6, 6.07) is 8.56. The first-order valence-corrected chi connectivity index (χ1v) is 11.3. The molecule has 2 heterocycles. The lowest BCUT2D eigenvalue weighted by Crippen LogP contribution is -2.44. The molecule has 0 aliphatic carbocycles. The molecule has 2 N–H and O–H groups in total. The highest BCUT2D eigenvalue weighted by molar-refractivity contribution is 14.0. The van der Waals surface area contributed by atoms with Crippen molar-refractivity contribution >= 4 is 36.0 Å². The molecule has 0 spiro atoms. The smallest absolute Gasteiger partial charge is 0.407 e. The summed E-state index contributed by atoms with van der Waals surface area (Å²) in [6.07, 6.45) is 4.32. The van der Waals surface area contributed by atoms with Crippen LogP contribution in [0.2, 0.25) is 0 Å². The molecule has 1 aliphatic heterocycles. The Hall–Kier alpha value is -2.30. The monoisotopic (exact) mass is 568 g/mol. The minimum Gasteiger partial charge on any atom is -0.444 e. The molecule has 0 bridgehead atoms. The van der Waals surface area contributed by atoms with Gasteiger partial charge in [0.05, 0.1) is 12.6 Å². The number of imidazole rings is 1. The number of guanidine groups is 1. The van der Waals surface area contributed by atoms with Gasteiger partial charge < -0.3 is 24.8 Å². The van der Waals surface area contributed by atoms with E-state index >= 15 is 0 Å². The predicted molar refractivity (Wildman–Crippen MR) is 142 cm³/mol. The van der Waals surface area contributed by atoms with E-state index in [4.69, 9.17) is 9.73 Å². The highest BCUT2D eigenvalue weighted by Gasteiger charge is 2.27. The predicted octanol–water partition coefficient (Wildman–Crippen LogP) is 3.92. The van der Waals surface area contributed by atoms with Crippen LogP contribution in [0.5, 0.6) is 0 Å². The number of nitrogens with zero attached hydrogens (tertiary/aromatic N) is 4. The number of aromatic nitrogens is 2. The largest absolute Gasteiger partial charge is 0.444 e. The van der Waals surface area contributed by atoms with Crippen molar-refractivity contribution in [2.24, 2.45) is 4.99 Å². The van der Waals surface area contributed by atoms with Crippen LogP contribution in [0, 0.1) is 6.92 Å². The third-order valence-corrected chi connectivity index (χ3v) is 5.22. The second-order valence-electron chi connectivity index (χ2n) is 9.17. The van der Waals surface area contributed by atoms with Gasteiger partial charge in [-0.1, -0.05) is 24.3 Å². The Morgan fingerprint density at radius 2 is 2.06 bits per heavy atom. The summed E-state index contributed by atoms with van der Waals surface area (Å²) in [4.78, 5) is 23.4. The quantitative estimate of drug-likeness (QED) is 0.314. The van der Waals surface area contributed by atoms with Gasteiger partial charge >= 0.3 is 6.09 Å². The van der Waals surface area contributed by atoms with Gasteiger partial charge in [-0.2, -0.15) is 0 Å². The number of halogens is 1. The summed E-state index contributed by atoms with van der Waals surface area (Å²) in [6.45, 7) is 13.4. The molecule has 182 valence electrons. The molecule has 2 aromatic rings. The molecule has 33 heavy (non-hydrogen) atoms. The molecule has 3 rings (SSSR count). The van der Waals surface area contributed by atoms with Crippen molar-refractivity contribution in [2.45, 2.75) is 65.8 Å². The lowest BCUT2D eigenvalue weighted by molar-refractivity contribution is 0.0507. The molecule has 1 saturated heterocycles. The average Bonchev–Trinajstić information content (AvgIpc) is 3.33. The zero-order valence-corrected chi connectivity index (χ0v) is 22.6. The summed E-state index contributed by atoms with van der Waals surface area (Å²) < 4.78 is 7.52. The van der Waals surface area contributed by atoms with Crippen LogP contribution in [0.4, 0.5) is 4.79 Å². The van der Waals surface area contributed by atoms with Crippen LogP contribution < -0.4 is 10.6 Å². The van der Waals surface area contributed by atoms with E-state index in [1.165, 1.54) is 11.1 Å². The standard InChI is InChI=1S/C24H36N6O2.HI/c1-6-25-22(30-12-10-21(17-30)28-23(31)32-24(3,4)5)27-15-19-8-7-9-20(14-19)16-29-13-11-26-18(29)2;/h7-9,11,13-14,21H,6,10,12,15-17H2,1-5H3,(H,25,27)(H,28,31);1H. The van der Waals surface area contributed by atoms with Gasteiger partial charge in [0.1, 0.15) is 11.4 Å². The summed E-state index contributed by atoms with van der Waals surface area (Å²) in [5.74, 6) is 1.88. The van der Waals surface area contributed by atoms with Gasteiger partial charge in [0, 0.05) is 38.6 Å². The lowest BCUT2D eigenvalue weighted by atomic mass is 10.1. The number of nitrogens with one attached hydrogen (secondary N) is 2. The lowest BCUT2D eigenvalue weighted by Gasteiger charge is -2.23. The second-order valence-corrected chi connectivity index (χ2v) is 9.17. The first kappa shape index (κ1) is 26.9. The van der Waals surface area contributed by atoms with Crippen molar-refractivity contribution in [3.05, 3.63) is 53.6 Å². The van der Waals surface area contributed by atoms with Crippen molar-refractivity contribution < 1.29 is 9.53 Å². The molecule has 1 atom stereocenters. The highest BCUT2D eigenvalue weighted by atomic mass is 127. The maximum atomic E-state index is 12.1. The molecule has 9 heteroatoms. The third kappa shape index (κ3) is 8.53. The zero-order chi connectivity index (χ0) is 23.1. The van der Waals surface area contributed by atoms with Crippen LogP contribution in [-0.2, 0) is 17.8 Å². The van der Waals surface area contributed by atoms with Crippen molar-refractivity contribution in [1.29, 1.82) is 0 Å². The van der Waals surface area contributed by atoms with Crippen molar-refractivity contribution in [3.63, 3.8) is 0 Å². The summed E-state index contributed by atoms with van der Waals surface area (Å²) >= 11 is 0. The van der Waals surface area contributed by atoms with Gasteiger partial charge in [-0.3, -0.25) is 0 Å². The maximum absolute atomic E-state index is 12.1. The first-order chi connectivity index (χ1) is 15.2. The van der Waals surface area contributed by atoms with E-state index in [1.54, 1.807) is 0 Å². The number of ether oxygens (including phenoxy) is 1. The van der Waals surface area contributed by atoms with E-state index in [2.05, 4.69) is 56.3 Å². The minimum atomic E-state index is -0.496. The number of hydrogen-bond acceptors (Lipinski definition) is 4. The molecule has 0 radical (unpaired) electrons. The summed E-state index contributed by atoms with van der Waals surface area (Å²) in [7, 11) is 0. The first-order valence-electron chi connectivity index (χ1n) is 11.3. The second kappa shape index (κ2) is 12.2. The molecule has 1 aliphatic rings. The Morgan fingerprint density at radius 1 is 1.30 bits per heavy atom. The maximum Gasteiger partial charge on any atom is 0.407 e. The van der Waals surface area contributed by atoms with Crippen molar-refractivity contribution in [3.8, 4) is 0 Å². The van der Waals surface area contributed by atoms with Gasteiger partial charge in [0.2, 0.25) is 0 Å². The van der Waals surface area contributed by atoms with Gasteiger partial charge in [-0.15, -0.1) is 24.0 Å². The molecule has 0 saturated carbocycles. The van der Waals surface area contributed by atoms with E-state index in [0.29, 0.717) is 13.1 Å². The van der Waals surface area contributed by atoms with Gasteiger partial charge in [0.25, 0.3) is 0 Å². The Labute approximate surface area is 214 Å². The Bertz CT molecular complexity index is 937. The normalized spacial score (nSPS) is 16.3. The Morgan fingerprint density at radius 3 is 2.73 bits per heavy atom. The number of alkyl carbamates (subject to hydrolysis) is 1. The molecule has 1 fully saturated rings. The van der Waals surface area contributed by atoms with Crippen LogP contribution in [0.25, 0.3) is 0 Å². The number of rotatable bonds is 6. The zero-order valence-electron chi connectivity index (χ0n) is 20.3. The van der Waals surface area contributed by atoms with E-state index < -0.39 is 5.60 Å². The molecule has 8 nitrogen and oxygen atoms in total. The van der Waals surface area contributed by atoms with Crippen LogP contribution >= 0.6 is 24.0 Å². The number of benzene rings is 1. The molecular formula is C24H37IN6O2. The fraction of sp³-hybridized carbons (Fsp3) is 0.542. The van der Waals surface area contributed by atoms with E-state index in [1.807, 2.05) is 40.1 Å². The van der Waals surface area contributed by atoms with Crippen LogP contribution in [0.3, 0.4) is 0 Å². The molecular weight excluding hydrogens is 531 g/mol. The average molecular weight is 569 g/mol. The number of aliphatic imine (C=N–C) groups is 1. The van der Waals surface area contributed by atoms with Crippen LogP contribution in [-0.4, -0.2) is 57.8 Å². The fourth-order valence-corrected chi connectivity index (χ4v) is 3.73. The topological polar surface area (TPSA) is 83.8 Å². The number of carbonyl (C=O) groups excluding carboxylic acids is 1.